The van der Waals surface area contributed by atoms with E-state index in [4.69, 9.17) is 33.5 Å². The number of ether oxygens (including phenoxy) is 1. The average molecular weight is 282 g/mol. The maximum atomic E-state index is 6.12. The highest BCUT2D eigenvalue weighted by molar-refractivity contribution is 6.32. The van der Waals surface area contributed by atoms with Gasteiger partial charge in [0.2, 0.25) is 5.96 Å². The van der Waals surface area contributed by atoms with Crippen LogP contribution in [0.4, 0.5) is 5.69 Å². The Hall–Kier alpha value is -1.95. The molecule has 0 radical (unpaired) electrons. The van der Waals surface area contributed by atoms with Gasteiger partial charge in [-0.25, -0.2) is 4.99 Å². The average Bonchev–Trinajstić information content (AvgIpc) is 3.13. The number of benzene rings is 1. The van der Waals surface area contributed by atoms with Crippen molar-refractivity contribution < 1.29 is 4.74 Å². The molecule has 0 aromatic heterocycles. The maximum Gasteiger partial charge on any atom is 0.223 e. The van der Waals surface area contributed by atoms with Gasteiger partial charge in [0.1, 0.15) is 5.75 Å². The summed E-state index contributed by atoms with van der Waals surface area (Å²) in [4.78, 5) is 7.92. The quantitative estimate of drug-likeness (QED) is 0.575. The van der Waals surface area contributed by atoms with Crippen molar-refractivity contribution in [2.24, 2.45) is 27.2 Å². The van der Waals surface area contributed by atoms with Crippen LogP contribution in [0, 0.1) is 0 Å². The minimum Gasteiger partial charge on any atom is -0.495 e. The number of methoxy groups -OCH3 is 1. The highest BCUT2D eigenvalue weighted by atomic mass is 35.5. The smallest absolute Gasteiger partial charge is 0.223 e. The Bertz CT molecular complexity index is 547. The van der Waals surface area contributed by atoms with Gasteiger partial charge in [0.05, 0.1) is 17.8 Å². The summed E-state index contributed by atoms with van der Waals surface area (Å²) >= 11 is 6.12. The van der Waals surface area contributed by atoms with Crippen LogP contribution in [0.15, 0.2) is 22.1 Å². The van der Waals surface area contributed by atoms with E-state index in [1.54, 1.807) is 13.2 Å². The molecule has 6 N–H and O–H groups in total. The summed E-state index contributed by atoms with van der Waals surface area (Å²) in [6.07, 6.45) is 2.24. The molecule has 6 nitrogen and oxygen atoms in total. The zero-order valence-electron chi connectivity index (χ0n) is 10.6. The minimum atomic E-state index is -0.129. The van der Waals surface area contributed by atoms with Crippen molar-refractivity contribution in [3.05, 3.63) is 22.7 Å². The highest BCUT2D eigenvalue weighted by Crippen LogP contribution is 2.47. The van der Waals surface area contributed by atoms with Gasteiger partial charge in [-0.1, -0.05) is 11.6 Å². The SMILES string of the molecule is COc1cc(N=C(N)N=C(N)N)c(C2CC2)cc1Cl. The number of hydrogen-bond acceptors (Lipinski definition) is 2. The van der Waals surface area contributed by atoms with E-state index in [2.05, 4.69) is 9.98 Å². The molecule has 102 valence electrons. The summed E-state index contributed by atoms with van der Waals surface area (Å²) in [5.41, 5.74) is 17.9. The van der Waals surface area contributed by atoms with Gasteiger partial charge in [-0.15, -0.1) is 0 Å². The molecule has 1 aromatic rings. The minimum absolute atomic E-state index is 0.00581. The summed E-state index contributed by atoms with van der Waals surface area (Å²) in [5.74, 6) is 0.887. The summed E-state index contributed by atoms with van der Waals surface area (Å²) in [5, 5.41) is 0.559. The molecule has 1 aliphatic rings. The van der Waals surface area contributed by atoms with Crippen LogP contribution in [-0.2, 0) is 0 Å². The fraction of sp³-hybridized carbons (Fsp3) is 0.333. The van der Waals surface area contributed by atoms with Crippen LogP contribution < -0.4 is 21.9 Å². The molecule has 0 spiro atoms. The molecule has 19 heavy (non-hydrogen) atoms. The fourth-order valence-electron chi connectivity index (χ4n) is 1.81. The Kier molecular flexibility index (Phi) is 3.80. The predicted molar refractivity (Wildman–Crippen MR) is 77.1 cm³/mol. The topological polar surface area (TPSA) is 112 Å². The molecule has 0 unspecified atom stereocenters. The molecule has 0 aliphatic heterocycles. The van der Waals surface area contributed by atoms with Gasteiger partial charge in [-0.3, -0.25) is 0 Å². The van der Waals surface area contributed by atoms with E-state index >= 15 is 0 Å². The van der Waals surface area contributed by atoms with Crippen molar-refractivity contribution in [3.8, 4) is 5.75 Å². The Labute approximate surface area is 116 Å². The molecule has 1 aromatic carbocycles. The van der Waals surface area contributed by atoms with Crippen LogP contribution in [0.2, 0.25) is 5.02 Å². The Morgan fingerprint density at radius 3 is 2.53 bits per heavy atom. The Balaban J connectivity index is 2.45. The van der Waals surface area contributed by atoms with Crippen molar-refractivity contribution in [1.82, 2.24) is 0 Å². The third-order valence-electron chi connectivity index (χ3n) is 2.80. The third kappa shape index (κ3) is 3.29. The second-order valence-corrected chi connectivity index (χ2v) is 4.73. The molecule has 2 rings (SSSR count). The first-order valence-electron chi connectivity index (χ1n) is 5.82. The van der Waals surface area contributed by atoms with Crippen LogP contribution in [0.25, 0.3) is 0 Å². The van der Waals surface area contributed by atoms with Crippen LogP contribution in [0.5, 0.6) is 5.75 Å². The molecule has 0 atom stereocenters. The zero-order valence-corrected chi connectivity index (χ0v) is 11.3. The molecule has 0 bridgehead atoms. The molecule has 1 aliphatic carbocycles. The number of nitrogens with two attached hydrogens (primary N) is 3. The molecule has 7 heteroatoms. The lowest BCUT2D eigenvalue weighted by atomic mass is 10.1. The molecule has 1 fully saturated rings. The number of halogens is 1. The number of guanidine groups is 2. The summed E-state index contributed by atoms with van der Waals surface area (Å²) in [6, 6.07) is 3.60. The van der Waals surface area contributed by atoms with E-state index in [1.807, 2.05) is 6.07 Å². The monoisotopic (exact) mass is 281 g/mol. The van der Waals surface area contributed by atoms with Gasteiger partial charge in [0.25, 0.3) is 0 Å². The Morgan fingerprint density at radius 1 is 1.32 bits per heavy atom. The van der Waals surface area contributed by atoms with Crippen LogP contribution in [0.1, 0.15) is 24.3 Å². The molecular formula is C12H16ClN5O. The molecule has 0 saturated heterocycles. The first-order chi connectivity index (χ1) is 9.01. The highest BCUT2D eigenvalue weighted by Gasteiger charge is 2.27. The van der Waals surface area contributed by atoms with E-state index in [0.717, 1.165) is 18.4 Å². The van der Waals surface area contributed by atoms with Crippen molar-refractivity contribution in [2.75, 3.05) is 7.11 Å². The largest absolute Gasteiger partial charge is 0.495 e. The van der Waals surface area contributed by atoms with E-state index in [-0.39, 0.29) is 11.9 Å². The second kappa shape index (κ2) is 5.36. The van der Waals surface area contributed by atoms with E-state index in [9.17, 15) is 0 Å². The van der Waals surface area contributed by atoms with Gasteiger partial charge in [-0.2, -0.15) is 4.99 Å². The predicted octanol–water partition coefficient (Wildman–Crippen LogP) is 1.45. The molecule has 0 heterocycles. The molecule has 1 saturated carbocycles. The van der Waals surface area contributed by atoms with Gasteiger partial charge in [-0.05, 0) is 30.4 Å². The van der Waals surface area contributed by atoms with Gasteiger partial charge >= 0.3 is 0 Å². The van der Waals surface area contributed by atoms with Crippen molar-refractivity contribution in [3.63, 3.8) is 0 Å². The molecular weight excluding hydrogens is 266 g/mol. The van der Waals surface area contributed by atoms with Crippen LogP contribution in [-0.4, -0.2) is 19.0 Å². The van der Waals surface area contributed by atoms with Gasteiger partial charge in [0.15, 0.2) is 5.96 Å². The van der Waals surface area contributed by atoms with Gasteiger partial charge < -0.3 is 21.9 Å². The zero-order chi connectivity index (χ0) is 14.0. The van der Waals surface area contributed by atoms with Crippen molar-refractivity contribution >= 4 is 29.2 Å². The standard InChI is InChI=1S/C12H16ClN5O/c1-19-10-5-9(17-12(16)18-11(14)15)7(4-8(10)13)6-2-3-6/h4-6H,2-3H2,1H3,(H6,14,15,16,17,18). The number of hydrogen-bond donors (Lipinski definition) is 3. The number of rotatable bonds is 3. The third-order valence-corrected chi connectivity index (χ3v) is 3.09. The summed E-state index contributed by atoms with van der Waals surface area (Å²) in [6.45, 7) is 0. The van der Waals surface area contributed by atoms with Gasteiger partial charge in [0, 0.05) is 6.07 Å². The van der Waals surface area contributed by atoms with Crippen LogP contribution in [0.3, 0.4) is 0 Å². The number of nitrogens with zero attached hydrogens (tertiary/aromatic N) is 2. The maximum absolute atomic E-state index is 6.12. The van der Waals surface area contributed by atoms with E-state index in [0.29, 0.717) is 22.4 Å². The fourth-order valence-corrected chi connectivity index (χ4v) is 2.06. The van der Waals surface area contributed by atoms with Crippen molar-refractivity contribution in [1.29, 1.82) is 0 Å². The summed E-state index contributed by atoms with van der Waals surface area (Å²) in [7, 11) is 1.55. The van der Waals surface area contributed by atoms with Crippen LogP contribution >= 0.6 is 11.6 Å². The lowest BCUT2D eigenvalue weighted by molar-refractivity contribution is 0.415. The van der Waals surface area contributed by atoms with E-state index < -0.39 is 0 Å². The first-order valence-corrected chi connectivity index (χ1v) is 6.20. The first kappa shape index (κ1) is 13.5. The Morgan fingerprint density at radius 2 is 2.00 bits per heavy atom. The lowest BCUT2D eigenvalue weighted by Crippen LogP contribution is -2.26. The second-order valence-electron chi connectivity index (χ2n) is 4.33. The molecule has 0 amide bonds. The normalized spacial score (nSPS) is 15.2. The number of aliphatic imine (C=N–C) groups is 2. The summed E-state index contributed by atoms with van der Waals surface area (Å²) < 4.78 is 5.18. The lowest BCUT2D eigenvalue weighted by Gasteiger charge is -2.09. The van der Waals surface area contributed by atoms with Crippen molar-refractivity contribution in [2.45, 2.75) is 18.8 Å². The van der Waals surface area contributed by atoms with E-state index in [1.165, 1.54) is 0 Å².